The summed E-state index contributed by atoms with van der Waals surface area (Å²) in [6, 6.07) is 20.6. The predicted octanol–water partition coefficient (Wildman–Crippen LogP) is 5.08. The van der Waals surface area contributed by atoms with Crippen LogP contribution in [0.3, 0.4) is 0 Å². The molecular weight excluding hydrogens is 426 g/mol. The third-order valence-corrected chi connectivity index (χ3v) is 6.06. The Kier molecular flexibility index (Phi) is 4.42. The quantitative estimate of drug-likeness (QED) is 0.481. The molecule has 136 valence electrons. The van der Waals surface area contributed by atoms with E-state index in [0.29, 0.717) is 16.9 Å². The minimum atomic E-state index is -3.94. The summed E-state index contributed by atoms with van der Waals surface area (Å²) in [5.74, 6) is 0.589. The Morgan fingerprint density at radius 2 is 1.56 bits per heavy atom. The van der Waals surface area contributed by atoms with Crippen molar-refractivity contribution in [3.63, 3.8) is 0 Å². The summed E-state index contributed by atoms with van der Waals surface area (Å²) < 4.78 is 31.3. The molecular formula is C21H16BrNO3S. The summed E-state index contributed by atoms with van der Waals surface area (Å²) >= 11 is 3.49. The van der Waals surface area contributed by atoms with E-state index < -0.39 is 10.0 Å². The monoisotopic (exact) mass is 441 g/mol. The van der Waals surface area contributed by atoms with Gasteiger partial charge in [0.1, 0.15) is 5.75 Å². The van der Waals surface area contributed by atoms with E-state index in [1.54, 1.807) is 19.2 Å². The van der Waals surface area contributed by atoms with Crippen LogP contribution >= 0.6 is 15.9 Å². The average Bonchev–Trinajstić information content (AvgIpc) is 2.65. The van der Waals surface area contributed by atoms with E-state index in [1.165, 1.54) is 0 Å². The fourth-order valence-electron chi connectivity index (χ4n) is 3.46. The highest BCUT2D eigenvalue weighted by atomic mass is 79.9. The van der Waals surface area contributed by atoms with Crippen molar-refractivity contribution < 1.29 is 13.2 Å². The highest BCUT2D eigenvalue weighted by molar-refractivity contribution is 9.10. The maximum absolute atomic E-state index is 12.4. The Bertz CT molecular complexity index is 1300. The minimum Gasteiger partial charge on any atom is -0.496 e. The summed E-state index contributed by atoms with van der Waals surface area (Å²) in [4.78, 5) is 0.0786. The zero-order valence-corrected chi connectivity index (χ0v) is 16.8. The van der Waals surface area contributed by atoms with Crippen molar-refractivity contribution in [1.82, 2.24) is 0 Å². The van der Waals surface area contributed by atoms with Gasteiger partial charge in [0, 0.05) is 15.6 Å². The second kappa shape index (κ2) is 6.64. The van der Waals surface area contributed by atoms with Gasteiger partial charge in [0.25, 0.3) is 0 Å². The second-order valence-electron chi connectivity index (χ2n) is 6.21. The smallest absolute Gasteiger partial charge is 0.238 e. The van der Waals surface area contributed by atoms with E-state index >= 15 is 0 Å². The number of nitrogens with two attached hydrogens (primary N) is 1. The Hall–Kier alpha value is -2.41. The maximum atomic E-state index is 12.4. The van der Waals surface area contributed by atoms with E-state index in [2.05, 4.69) is 15.9 Å². The average molecular weight is 442 g/mol. The highest BCUT2D eigenvalue weighted by Gasteiger charge is 2.22. The third-order valence-electron chi connectivity index (χ3n) is 4.61. The molecule has 0 aliphatic heterocycles. The van der Waals surface area contributed by atoms with Gasteiger partial charge in [-0.3, -0.25) is 0 Å². The van der Waals surface area contributed by atoms with Crippen molar-refractivity contribution >= 4 is 47.5 Å². The molecule has 0 aromatic heterocycles. The molecule has 0 radical (unpaired) electrons. The minimum absolute atomic E-state index is 0.0786. The van der Waals surface area contributed by atoms with E-state index in [4.69, 9.17) is 9.88 Å². The summed E-state index contributed by atoms with van der Waals surface area (Å²) in [5.41, 5.74) is 1.27. The Morgan fingerprint density at radius 3 is 2.30 bits per heavy atom. The molecule has 0 aliphatic carbocycles. The first kappa shape index (κ1) is 18.0. The van der Waals surface area contributed by atoms with Crippen LogP contribution in [0.4, 0.5) is 0 Å². The SMILES string of the molecule is COc1ccc2cc(Br)ccc2c1-c1c(S(N)(=O)=O)ccc2ccccc12. The normalized spacial score (nSPS) is 11.8. The van der Waals surface area contributed by atoms with Gasteiger partial charge in [-0.1, -0.05) is 58.4 Å². The van der Waals surface area contributed by atoms with E-state index in [0.717, 1.165) is 26.0 Å². The molecule has 0 fully saturated rings. The number of halogens is 1. The highest BCUT2D eigenvalue weighted by Crippen LogP contribution is 2.43. The number of ether oxygens (including phenoxy) is 1. The number of sulfonamides is 1. The fraction of sp³-hybridized carbons (Fsp3) is 0.0476. The summed E-state index contributed by atoms with van der Waals surface area (Å²) in [6.45, 7) is 0. The first-order valence-corrected chi connectivity index (χ1v) is 10.6. The number of rotatable bonds is 3. The van der Waals surface area contributed by atoms with Crippen molar-refractivity contribution in [2.75, 3.05) is 7.11 Å². The van der Waals surface area contributed by atoms with Gasteiger partial charge in [0.2, 0.25) is 10.0 Å². The molecule has 0 bridgehead atoms. The van der Waals surface area contributed by atoms with Crippen molar-refractivity contribution in [3.05, 3.63) is 71.2 Å². The van der Waals surface area contributed by atoms with Crippen LogP contribution in [-0.4, -0.2) is 15.5 Å². The summed E-state index contributed by atoms with van der Waals surface area (Å²) in [7, 11) is -2.37. The first-order valence-electron chi connectivity index (χ1n) is 8.21. The number of primary sulfonamides is 1. The molecule has 4 aromatic carbocycles. The second-order valence-corrected chi connectivity index (χ2v) is 8.66. The Balaban J connectivity index is 2.26. The van der Waals surface area contributed by atoms with Gasteiger partial charge < -0.3 is 4.74 Å². The van der Waals surface area contributed by atoms with Crippen LogP contribution in [0.2, 0.25) is 0 Å². The van der Waals surface area contributed by atoms with E-state index in [1.807, 2.05) is 54.6 Å². The molecule has 0 spiro atoms. The fourth-order valence-corrected chi connectivity index (χ4v) is 4.59. The summed E-state index contributed by atoms with van der Waals surface area (Å²) in [6.07, 6.45) is 0. The van der Waals surface area contributed by atoms with Gasteiger partial charge in [0.15, 0.2) is 0 Å². The molecule has 6 heteroatoms. The standard InChI is InChI=1S/C21H16BrNO3S/c1-26-18-10-6-14-12-15(22)8-9-17(14)20(18)21-16-5-3-2-4-13(16)7-11-19(21)27(23,24)25/h2-12H,1H3,(H2,23,24,25). The lowest BCUT2D eigenvalue weighted by Crippen LogP contribution is -2.13. The number of hydrogen-bond donors (Lipinski definition) is 1. The van der Waals surface area contributed by atoms with Gasteiger partial charge in [-0.05, 0) is 45.8 Å². The summed E-state index contributed by atoms with van der Waals surface area (Å²) in [5, 5.41) is 9.15. The topological polar surface area (TPSA) is 69.4 Å². The lowest BCUT2D eigenvalue weighted by molar-refractivity contribution is 0.417. The molecule has 4 nitrogen and oxygen atoms in total. The Morgan fingerprint density at radius 1 is 0.852 bits per heavy atom. The molecule has 0 amide bonds. The molecule has 0 saturated carbocycles. The first-order chi connectivity index (χ1) is 12.9. The lowest BCUT2D eigenvalue weighted by atomic mass is 9.93. The van der Waals surface area contributed by atoms with Crippen LogP contribution in [0.15, 0.2) is 76.1 Å². The number of methoxy groups -OCH3 is 1. The number of benzene rings is 4. The molecule has 27 heavy (non-hydrogen) atoms. The molecule has 0 unspecified atom stereocenters. The lowest BCUT2D eigenvalue weighted by Gasteiger charge is -2.17. The van der Waals surface area contributed by atoms with Crippen LogP contribution in [0, 0.1) is 0 Å². The maximum Gasteiger partial charge on any atom is 0.238 e. The zero-order valence-electron chi connectivity index (χ0n) is 14.4. The van der Waals surface area contributed by atoms with Crippen LogP contribution in [0.5, 0.6) is 5.75 Å². The zero-order chi connectivity index (χ0) is 19.2. The van der Waals surface area contributed by atoms with Crippen molar-refractivity contribution in [2.24, 2.45) is 5.14 Å². The molecule has 4 aromatic rings. The predicted molar refractivity (Wildman–Crippen MR) is 113 cm³/mol. The molecule has 2 N–H and O–H groups in total. The third kappa shape index (κ3) is 3.10. The Labute approximate surface area is 165 Å². The van der Waals surface area contributed by atoms with Crippen LogP contribution in [0.1, 0.15) is 0 Å². The van der Waals surface area contributed by atoms with Crippen LogP contribution in [0.25, 0.3) is 32.7 Å². The van der Waals surface area contributed by atoms with Gasteiger partial charge in [-0.15, -0.1) is 0 Å². The van der Waals surface area contributed by atoms with Crippen molar-refractivity contribution in [3.8, 4) is 16.9 Å². The number of hydrogen-bond acceptors (Lipinski definition) is 3. The van der Waals surface area contributed by atoms with Gasteiger partial charge in [-0.2, -0.15) is 0 Å². The van der Waals surface area contributed by atoms with E-state index in [-0.39, 0.29) is 4.90 Å². The molecule has 0 saturated heterocycles. The molecule has 0 heterocycles. The molecule has 4 rings (SSSR count). The van der Waals surface area contributed by atoms with Crippen molar-refractivity contribution in [1.29, 1.82) is 0 Å². The number of fused-ring (bicyclic) bond motifs is 2. The van der Waals surface area contributed by atoms with Gasteiger partial charge >= 0.3 is 0 Å². The van der Waals surface area contributed by atoms with Crippen molar-refractivity contribution in [2.45, 2.75) is 4.90 Å². The largest absolute Gasteiger partial charge is 0.496 e. The van der Waals surface area contributed by atoms with Crippen LogP contribution < -0.4 is 9.88 Å². The van der Waals surface area contributed by atoms with Gasteiger partial charge in [0.05, 0.1) is 12.0 Å². The van der Waals surface area contributed by atoms with E-state index in [9.17, 15) is 8.42 Å². The van der Waals surface area contributed by atoms with Gasteiger partial charge in [-0.25, -0.2) is 13.6 Å². The van der Waals surface area contributed by atoms with Crippen LogP contribution in [-0.2, 0) is 10.0 Å². The molecule has 0 aliphatic rings. The molecule has 0 atom stereocenters.